The van der Waals surface area contributed by atoms with Gasteiger partial charge in [0.25, 0.3) is 0 Å². The molecule has 0 bridgehead atoms. The summed E-state index contributed by atoms with van der Waals surface area (Å²) in [4.78, 5) is 25.8. The summed E-state index contributed by atoms with van der Waals surface area (Å²) in [6.07, 6.45) is 1.12. The molecule has 7 heteroatoms. The topological polar surface area (TPSA) is 84.9 Å². The first-order valence-electron chi connectivity index (χ1n) is 10.7. The highest BCUT2D eigenvalue weighted by Gasteiger charge is 2.34. The Labute approximate surface area is 190 Å². The molecule has 0 radical (unpaired) electrons. The minimum absolute atomic E-state index is 0.140. The summed E-state index contributed by atoms with van der Waals surface area (Å²) in [5.41, 5.74) is 2.81. The Morgan fingerprint density at radius 2 is 1.91 bits per heavy atom. The number of fused-ring (bicyclic) bond motifs is 1. The molecule has 32 heavy (non-hydrogen) atoms. The molecule has 1 aliphatic rings. The first-order chi connectivity index (χ1) is 15.5. The van der Waals surface area contributed by atoms with Crippen LogP contribution >= 0.6 is 11.3 Å². The zero-order valence-corrected chi connectivity index (χ0v) is 18.8. The van der Waals surface area contributed by atoms with E-state index < -0.39 is 5.97 Å². The van der Waals surface area contributed by atoms with E-state index in [1.807, 2.05) is 62.4 Å². The van der Waals surface area contributed by atoms with Gasteiger partial charge in [-0.1, -0.05) is 43.3 Å². The zero-order valence-electron chi connectivity index (χ0n) is 18.0. The lowest BCUT2D eigenvalue weighted by Gasteiger charge is -2.24. The number of benzene rings is 2. The van der Waals surface area contributed by atoms with Crippen molar-refractivity contribution in [3.05, 3.63) is 63.8 Å². The third-order valence-electron chi connectivity index (χ3n) is 5.29. The minimum atomic E-state index is -1.01. The molecule has 1 aliphatic heterocycles. The number of ether oxygens (including phenoxy) is 2. The van der Waals surface area contributed by atoms with Gasteiger partial charge >= 0.3 is 5.97 Å². The van der Waals surface area contributed by atoms with Gasteiger partial charge in [0.15, 0.2) is 11.5 Å². The largest absolute Gasteiger partial charge is 0.490 e. The Bertz CT molecular complexity index is 1140. The first kappa shape index (κ1) is 21.9. The summed E-state index contributed by atoms with van der Waals surface area (Å²) in [6.45, 7) is 5.02. The fourth-order valence-electron chi connectivity index (χ4n) is 3.93. The number of nitrogens with one attached hydrogen (secondary N) is 1. The smallest absolute Gasteiger partial charge is 0.346 e. The van der Waals surface area contributed by atoms with Crippen molar-refractivity contribution in [1.29, 1.82) is 0 Å². The maximum absolute atomic E-state index is 12.7. The molecule has 2 N–H and O–H groups in total. The Kier molecular flexibility index (Phi) is 6.46. The number of amides is 1. The first-order valence-corrected chi connectivity index (χ1v) is 11.5. The fraction of sp³-hybridized carbons (Fsp3) is 0.280. The Hall–Kier alpha value is -3.32. The average molecular weight is 452 g/mol. The standard InChI is InChI=1S/C25H25NO5S/c1-3-12-31-18-11-10-16(13-19(18)30-4-2)17-14-20(27)26-22-21(15-8-6-5-7-9-15)24(25(28)29)32-23(17)22/h5-11,13,17H,3-4,12,14H2,1-2H3,(H,26,27)(H,28,29)/t17-/m1/s1. The molecule has 0 fully saturated rings. The van der Waals surface area contributed by atoms with Gasteiger partial charge in [-0.15, -0.1) is 11.3 Å². The third-order valence-corrected chi connectivity index (χ3v) is 6.59. The second-order valence-electron chi connectivity index (χ2n) is 7.51. The summed E-state index contributed by atoms with van der Waals surface area (Å²) in [7, 11) is 0. The van der Waals surface area contributed by atoms with Crippen LogP contribution in [-0.2, 0) is 4.79 Å². The van der Waals surface area contributed by atoms with E-state index in [0.29, 0.717) is 36.0 Å². The molecule has 1 atom stereocenters. The van der Waals surface area contributed by atoms with Crippen molar-refractivity contribution in [2.24, 2.45) is 0 Å². The van der Waals surface area contributed by atoms with Crippen molar-refractivity contribution in [3.8, 4) is 22.6 Å². The number of hydrogen-bond acceptors (Lipinski definition) is 5. The van der Waals surface area contributed by atoms with Gasteiger partial charge in [0.1, 0.15) is 4.88 Å². The summed E-state index contributed by atoms with van der Waals surface area (Å²) in [6, 6.07) is 15.0. The van der Waals surface area contributed by atoms with Crippen LogP contribution in [0.25, 0.3) is 11.1 Å². The number of anilines is 1. The van der Waals surface area contributed by atoms with Crippen LogP contribution in [0.2, 0.25) is 0 Å². The van der Waals surface area contributed by atoms with E-state index in [1.54, 1.807) is 0 Å². The van der Waals surface area contributed by atoms with Gasteiger partial charge in [-0.05, 0) is 36.6 Å². The van der Waals surface area contributed by atoms with Gasteiger partial charge in [0, 0.05) is 22.8 Å². The number of hydrogen-bond donors (Lipinski definition) is 2. The Morgan fingerprint density at radius 3 is 2.59 bits per heavy atom. The zero-order chi connectivity index (χ0) is 22.7. The summed E-state index contributed by atoms with van der Waals surface area (Å²) >= 11 is 1.22. The molecule has 1 amide bonds. The summed E-state index contributed by atoms with van der Waals surface area (Å²) < 4.78 is 11.6. The van der Waals surface area contributed by atoms with Crippen LogP contribution in [0.15, 0.2) is 48.5 Å². The highest BCUT2D eigenvalue weighted by molar-refractivity contribution is 7.15. The molecule has 0 aliphatic carbocycles. The third kappa shape index (κ3) is 4.21. The van der Waals surface area contributed by atoms with Crippen LogP contribution < -0.4 is 14.8 Å². The molecule has 2 aromatic carbocycles. The van der Waals surface area contributed by atoms with Crippen molar-refractivity contribution in [2.75, 3.05) is 18.5 Å². The number of thiophene rings is 1. The second kappa shape index (κ2) is 9.44. The van der Waals surface area contributed by atoms with Crippen molar-refractivity contribution in [3.63, 3.8) is 0 Å². The van der Waals surface area contributed by atoms with Gasteiger partial charge in [-0.3, -0.25) is 4.79 Å². The minimum Gasteiger partial charge on any atom is -0.490 e. The average Bonchev–Trinajstić information content (AvgIpc) is 3.18. The summed E-state index contributed by atoms with van der Waals surface area (Å²) in [5.74, 6) is -0.114. The monoisotopic (exact) mass is 451 g/mol. The number of carboxylic acids is 1. The Balaban J connectivity index is 1.83. The summed E-state index contributed by atoms with van der Waals surface area (Å²) in [5, 5.41) is 12.8. The lowest BCUT2D eigenvalue weighted by Crippen LogP contribution is -2.22. The van der Waals surface area contributed by atoms with Crippen LogP contribution in [0.5, 0.6) is 11.5 Å². The molecular formula is C25H25NO5S. The Morgan fingerprint density at radius 1 is 1.12 bits per heavy atom. The molecule has 166 valence electrons. The van der Waals surface area contributed by atoms with Crippen LogP contribution in [0.4, 0.5) is 5.69 Å². The highest BCUT2D eigenvalue weighted by Crippen LogP contribution is 2.50. The van der Waals surface area contributed by atoms with Gasteiger partial charge in [-0.2, -0.15) is 0 Å². The predicted molar refractivity (Wildman–Crippen MR) is 125 cm³/mol. The van der Waals surface area contributed by atoms with E-state index in [2.05, 4.69) is 5.32 Å². The maximum atomic E-state index is 12.7. The molecule has 0 spiro atoms. The van der Waals surface area contributed by atoms with Crippen LogP contribution in [0, 0.1) is 0 Å². The number of rotatable bonds is 8. The quantitative estimate of drug-likeness (QED) is 0.454. The highest BCUT2D eigenvalue weighted by atomic mass is 32.1. The molecule has 0 unspecified atom stereocenters. The molecule has 0 saturated heterocycles. The van der Waals surface area contributed by atoms with E-state index in [4.69, 9.17) is 9.47 Å². The van der Waals surface area contributed by atoms with E-state index in [-0.39, 0.29) is 23.1 Å². The molecule has 2 heterocycles. The van der Waals surface area contributed by atoms with Crippen molar-refractivity contribution in [1.82, 2.24) is 0 Å². The van der Waals surface area contributed by atoms with Crippen molar-refractivity contribution in [2.45, 2.75) is 32.6 Å². The van der Waals surface area contributed by atoms with Gasteiger partial charge < -0.3 is 19.9 Å². The van der Waals surface area contributed by atoms with Crippen molar-refractivity contribution < 1.29 is 24.2 Å². The fourth-order valence-corrected chi connectivity index (χ4v) is 5.17. The number of aromatic carboxylic acids is 1. The maximum Gasteiger partial charge on any atom is 0.346 e. The van der Waals surface area contributed by atoms with Crippen LogP contribution in [0.3, 0.4) is 0 Å². The molecule has 6 nitrogen and oxygen atoms in total. The number of carboxylic acid groups (broad SMARTS) is 1. The second-order valence-corrected chi connectivity index (χ2v) is 8.56. The SMILES string of the molecule is CCCOc1ccc([C@H]2CC(=O)Nc3c2sc(C(=O)O)c3-c2ccccc2)cc1OCC. The molecule has 0 saturated carbocycles. The van der Waals surface area contributed by atoms with Crippen molar-refractivity contribution >= 4 is 28.9 Å². The molecule has 1 aromatic heterocycles. The van der Waals surface area contributed by atoms with Gasteiger partial charge in [0.05, 0.1) is 18.9 Å². The molecule has 4 rings (SSSR count). The lowest BCUT2D eigenvalue weighted by molar-refractivity contribution is -0.116. The van der Waals surface area contributed by atoms with Gasteiger partial charge in [-0.25, -0.2) is 4.79 Å². The van der Waals surface area contributed by atoms with Crippen LogP contribution in [-0.4, -0.2) is 30.2 Å². The van der Waals surface area contributed by atoms with E-state index in [1.165, 1.54) is 11.3 Å². The van der Waals surface area contributed by atoms with Gasteiger partial charge in [0.2, 0.25) is 5.91 Å². The molecule has 3 aromatic rings. The van der Waals surface area contributed by atoms with E-state index in [9.17, 15) is 14.7 Å². The molecular weight excluding hydrogens is 426 g/mol. The van der Waals surface area contributed by atoms with E-state index in [0.717, 1.165) is 22.4 Å². The number of carbonyl (C=O) groups excluding carboxylic acids is 1. The van der Waals surface area contributed by atoms with Crippen LogP contribution in [0.1, 0.15) is 52.7 Å². The predicted octanol–water partition coefficient (Wildman–Crippen LogP) is 5.77. The normalized spacial score (nSPS) is 15.1. The van der Waals surface area contributed by atoms with E-state index >= 15 is 0 Å². The lowest BCUT2D eigenvalue weighted by atomic mass is 9.88. The number of carbonyl (C=O) groups is 2.